The van der Waals surface area contributed by atoms with Gasteiger partial charge in [0.25, 0.3) is 0 Å². The molecule has 0 aromatic carbocycles. The van der Waals surface area contributed by atoms with Gasteiger partial charge in [0.15, 0.2) is 0 Å². The molecule has 0 nitrogen and oxygen atoms in total. The maximum atomic E-state index is 3.70. The van der Waals surface area contributed by atoms with Gasteiger partial charge in [-0.1, -0.05) is 37.0 Å². The summed E-state index contributed by atoms with van der Waals surface area (Å²) < 4.78 is 0. The van der Waals surface area contributed by atoms with E-state index in [0.29, 0.717) is 5.92 Å². The topological polar surface area (TPSA) is 0 Å². The van der Waals surface area contributed by atoms with Crippen LogP contribution in [0.2, 0.25) is 0 Å². The largest absolute Gasteiger partial charge is 0.103 e. The van der Waals surface area contributed by atoms with Gasteiger partial charge in [-0.15, -0.1) is 13.2 Å². The zero-order valence-electron chi connectivity index (χ0n) is 7.00. The zero-order chi connectivity index (χ0) is 8.53. The van der Waals surface area contributed by atoms with E-state index in [-0.39, 0.29) is 0 Å². The Morgan fingerprint density at radius 2 is 1.55 bits per heavy atom. The van der Waals surface area contributed by atoms with E-state index in [9.17, 15) is 0 Å². The highest BCUT2D eigenvalue weighted by Gasteiger charge is 1.97. The lowest BCUT2D eigenvalue weighted by molar-refractivity contribution is 0.677. The molecule has 0 saturated heterocycles. The molecule has 0 heteroatoms. The summed E-state index contributed by atoms with van der Waals surface area (Å²) in [6.07, 6.45) is 11.8. The fourth-order valence-corrected chi connectivity index (χ4v) is 0.917. The minimum absolute atomic E-state index is 0.544. The third-order valence-electron chi connectivity index (χ3n) is 1.46. The van der Waals surface area contributed by atoms with Crippen LogP contribution in [-0.4, -0.2) is 0 Å². The molecular weight excluding hydrogens is 132 g/mol. The minimum atomic E-state index is 0.544. The molecule has 0 unspecified atom stereocenters. The first-order chi connectivity index (χ1) is 5.35. The van der Waals surface area contributed by atoms with Crippen molar-refractivity contribution in [1.29, 1.82) is 0 Å². The molecule has 0 bridgehead atoms. The van der Waals surface area contributed by atoms with E-state index < -0.39 is 0 Å². The van der Waals surface area contributed by atoms with Crippen molar-refractivity contribution >= 4 is 0 Å². The van der Waals surface area contributed by atoms with Crippen molar-refractivity contribution in [3.63, 3.8) is 0 Å². The molecule has 0 aliphatic carbocycles. The molecule has 0 saturated carbocycles. The minimum Gasteiger partial charge on any atom is -0.103 e. The van der Waals surface area contributed by atoms with Crippen molar-refractivity contribution in [2.45, 2.75) is 12.8 Å². The second kappa shape index (κ2) is 7.07. The van der Waals surface area contributed by atoms with E-state index in [1.54, 1.807) is 6.08 Å². The summed E-state index contributed by atoms with van der Waals surface area (Å²) in [5, 5.41) is 0. The third-order valence-corrected chi connectivity index (χ3v) is 1.46. The molecule has 0 spiro atoms. The summed E-state index contributed by atoms with van der Waals surface area (Å²) >= 11 is 0. The molecule has 0 radical (unpaired) electrons. The number of hydrogen-bond donors (Lipinski definition) is 0. The molecule has 0 aliphatic heterocycles. The summed E-state index contributed by atoms with van der Waals surface area (Å²) in [5.41, 5.74) is 0. The van der Waals surface area contributed by atoms with Crippen LogP contribution in [0.1, 0.15) is 12.8 Å². The summed E-state index contributed by atoms with van der Waals surface area (Å²) in [4.78, 5) is 0. The summed E-state index contributed by atoms with van der Waals surface area (Å²) in [6, 6.07) is 0. The Bertz CT molecular complexity index is 141. The molecular formula is C11H16. The molecule has 0 N–H and O–H groups in total. The van der Waals surface area contributed by atoms with Gasteiger partial charge in [-0.25, -0.2) is 0 Å². The highest BCUT2D eigenvalue weighted by atomic mass is 14.0. The van der Waals surface area contributed by atoms with Crippen molar-refractivity contribution < 1.29 is 0 Å². The average molecular weight is 148 g/mol. The van der Waals surface area contributed by atoms with Gasteiger partial charge in [0, 0.05) is 0 Å². The SMILES string of the molecule is C=C/C=C/C(CC=C)CC=C. The second-order valence-corrected chi connectivity index (χ2v) is 2.43. The zero-order valence-corrected chi connectivity index (χ0v) is 7.00. The van der Waals surface area contributed by atoms with Gasteiger partial charge in [0.05, 0.1) is 0 Å². The van der Waals surface area contributed by atoms with Crippen LogP contribution in [0.5, 0.6) is 0 Å². The maximum Gasteiger partial charge on any atom is -0.0161 e. The van der Waals surface area contributed by atoms with E-state index in [0.717, 1.165) is 12.8 Å². The molecule has 60 valence electrons. The molecule has 0 fully saturated rings. The Labute approximate surface area is 69.6 Å². The second-order valence-electron chi connectivity index (χ2n) is 2.43. The lowest BCUT2D eigenvalue weighted by Crippen LogP contribution is -1.91. The molecule has 0 amide bonds. The molecule has 0 aromatic heterocycles. The lowest BCUT2D eigenvalue weighted by Gasteiger charge is -2.04. The van der Waals surface area contributed by atoms with Gasteiger partial charge < -0.3 is 0 Å². The van der Waals surface area contributed by atoms with Crippen LogP contribution < -0.4 is 0 Å². The number of allylic oxidation sites excluding steroid dienone is 5. The van der Waals surface area contributed by atoms with Crippen LogP contribution in [0.15, 0.2) is 50.1 Å². The smallest absolute Gasteiger partial charge is 0.0161 e. The standard InChI is InChI=1S/C11H16/c1-4-7-10-11(8-5-2)9-6-3/h4-7,10-11H,1-3,8-9H2/b10-7+. The highest BCUT2D eigenvalue weighted by molar-refractivity contribution is 5.02. The van der Waals surface area contributed by atoms with Crippen molar-refractivity contribution in [3.05, 3.63) is 50.1 Å². The molecule has 0 atom stereocenters. The Kier molecular flexibility index (Phi) is 6.40. The Balaban J connectivity index is 3.85. The van der Waals surface area contributed by atoms with Crippen LogP contribution in [-0.2, 0) is 0 Å². The van der Waals surface area contributed by atoms with Gasteiger partial charge in [0.1, 0.15) is 0 Å². The van der Waals surface area contributed by atoms with E-state index in [1.165, 1.54) is 0 Å². The van der Waals surface area contributed by atoms with Crippen LogP contribution in [0.3, 0.4) is 0 Å². The Morgan fingerprint density at radius 3 is 1.91 bits per heavy atom. The van der Waals surface area contributed by atoms with Gasteiger partial charge in [-0.05, 0) is 18.8 Å². The van der Waals surface area contributed by atoms with Crippen molar-refractivity contribution in [2.75, 3.05) is 0 Å². The Morgan fingerprint density at radius 1 is 1.00 bits per heavy atom. The lowest BCUT2D eigenvalue weighted by atomic mass is 10.0. The predicted molar refractivity (Wildman–Crippen MR) is 52.5 cm³/mol. The molecule has 0 heterocycles. The summed E-state index contributed by atoms with van der Waals surface area (Å²) in [7, 11) is 0. The van der Waals surface area contributed by atoms with Gasteiger partial charge in [0.2, 0.25) is 0 Å². The Hall–Kier alpha value is -1.04. The van der Waals surface area contributed by atoms with Crippen LogP contribution >= 0.6 is 0 Å². The van der Waals surface area contributed by atoms with E-state index in [1.807, 2.05) is 18.2 Å². The number of rotatable bonds is 6. The van der Waals surface area contributed by atoms with Gasteiger partial charge in [-0.3, -0.25) is 0 Å². The van der Waals surface area contributed by atoms with Crippen molar-refractivity contribution in [3.8, 4) is 0 Å². The van der Waals surface area contributed by atoms with E-state index in [2.05, 4.69) is 25.8 Å². The predicted octanol–water partition coefficient (Wildman–Crippen LogP) is 3.50. The van der Waals surface area contributed by atoms with Crippen LogP contribution in [0, 0.1) is 5.92 Å². The van der Waals surface area contributed by atoms with E-state index in [4.69, 9.17) is 0 Å². The monoisotopic (exact) mass is 148 g/mol. The molecule has 11 heavy (non-hydrogen) atoms. The first-order valence-corrected chi connectivity index (χ1v) is 3.86. The molecule has 0 rings (SSSR count). The number of hydrogen-bond acceptors (Lipinski definition) is 0. The fourth-order valence-electron chi connectivity index (χ4n) is 0.917. The van der Waals surface area contributed by atoms with Gasteiger partial charge in [-0.2, -0.15) is 0 Å². The van der Waals surface area contributed by atoms with Crippen LogP contribution in [0.4, 0.5) is 0 Å². The first-order valence-electron chi connectivity index (χ1n) is 3.86. The fraction of sp³-hybridized carbons (Fsp3) is 0.273. The maximum absolute atomic E-state index is 3.70. The molecule has 0 aliphatic rings. The average Bonchev–Trinajstić information content (AvgIpc) is 2.01. The quantitative estimate of drug-likeness (QED) is 0.399. The van der Waals surface area contributed by atoms with Gasteiger partial charge >= 0.3 is 0 Å². The third kappa shape index (κ3) is 5.41. The van der Waals surface area contributed by atoms with Crippen molar-refractivity contribution in [2.24, 2.45) is 5.92 Å². The first kappa shape index (κ1) is 9.96. The van der Waals surface area contributed by atoms with Crippen LogP contribution in [0.25, 0.3) is 0 Å². The van der Waals surface area contributed by atoms with E-state index >= 15 is 0 Å². The summed E-state index contributed by atoms with van der Waals surface area (Å²) in [5.74, 6) is 0.544. The highest BCUT2D eigenvalue weighted by Crippen LogP contribution is 2.11. The molecule has 0 aromatic rings. The van der Waals surface area contributed by atoms with Crippen molar-refractivity contribution in [1.82, 2.24) is 0 Å². The normalized spacial score (nSPS) is 10.3. The summed E-state index contributed by atoms with van der Waals surface area (Å²) in [6.45, 7) is 11.0.